The van der Waals surface area contributed by atoms with Crippen LogP contribution in [0.3, 0.4) is 0 Å². The molecule has 1 aromatic rings. The largest absolute Gasteiger partial charge is 0.349 e. The van der Waals surface area contributed by atoms with Gasteiger partial charge < -0.3 is 10.6 Å². The first-order valence-corrected chi connectivity index (χ1v) is 12.9. The van der Waals surface area contributed by atoms with Crippen LogP contribution < -0.4 is 15.4 Å². The number of hydrogen-bond donors (Lipinski definition) is 3. The Hall–Kier alpha value is -2.26. The van der Waals surface area contributed by atoms with E-state index in [1.807, 2.05) is 13.8 Å². The van der Waals surface area contributed by atoms with Gasteiger partial charge in [0.2, 0.25) is 21.7 Å². The molecular formula is C23H35N3O5S. The smallest absolute Gasteiger partial charge is 0.289 e. The zero-order valence-electron chi connectivity index (χ0n) is 18.9. The Morgan fingerprint density at radius 3 is 2.31 bits per heavy atom. The third-order valence-electron chi connectivity index (χ3n) is 5.44. The van der Waals surface area contributed by atoms with Gasteiger partial charge in [-0.15, -0.1) is 0 Å². The van der Waals surface area contributed by atoms with Gasteiger partial charge in [-0.05, 0) is 37.3 Å². The van der Waals surface area contributed by atoms with Gasteiger partial charge >= 0.3 is 0 Å². The van der Waals surface area contributed by atoms with E-state index in [2.05, 4.69) is 15.4 Å². The molecule has 1 saturated heterocycles. The number of ketones is 1. The fraction of sp³-hybridized carbons (Fsp3) is 0.609. The Labute approximate surface area is 191 Å². The minimum atomic E-state index is -3.92. The molecule has 32 heavy (non-hydrogen) atoms. The minimum Gasteiger partial charge on any atom is -0.349 e. The number of Topliss-reactive ketones (excluding diaryl/α,β-unsaturated/α-hetero) is 1. The molecule has 2 amide bonds. The van der Waals surface area contributed by atoms with Crippen LogP contribution in [0.25, 0.3) is 0 Å². The SMILES string of the molecule is CC(C)CC(NS(=O)(=O)c1ccccc1)C(=O)NC1CCCCCCCCNC(=O)C1=O. The normalized spacial score (nSPS) is 20.0. The van der Waals surface area contributed by atoms with Gasteiger partial charge in [0.25, 0.3) is 5.91 Å². The molecule has 2 rings (SSSR count). The molecule has 0 radical (unpaired) electrons. The van der Waals surface area contributed by atoms with Crippen molar-refractivity contribution >= 4 is 27.6 Å². The van der Waals surface area contributed by atoms with Crippen molar-refractivity contribution in [1.29, 1.82) is 0 Å². The average molecular weight is 466 g/mol. The summed E-state index contributed by atoms with van der Waals surface area (Å²) in [6, 6.07) is 5.79. The lowest BCUT2D eigenvalue weighted by molar-refractivity contribution is -0.140. The highest BCUT2D eigenvalue weighted by molar-refractivity contribution is 7.89. The van der Waals surface area contributed by atoms with Crippen LogP contribution in [0.4, 0.5) is 0 Å². The molecule has 0 saturated carbocycles. The van der Waals surface area contributed by atoms with Gasteiger partial charge in [0.1, 0.15) is 6.04 Å². The summed E-state index contributed by atoms with van der Waals surface area (Å²) in [5.74, 6) is -1.97. The summed E-state index contributed by atoms with van der Waals surface area (Å²) in [5, 5.41) is 5.28. The lowest BCUT2D eigenvalue weighted by Crippen LogP contribution is -2.54. The van der Waals surface area contributed by atoms with Crippen molar-refractivity contribution < 1.29 is 22.8 Å². The van der Waals surface area contributed by atoms with Gasteiger partial charge in [-0.25, -0.2) is 8.42 Å². The van der Waals surface area contributed by atoms with E-state index in [-0.39, 0.29) is 17.2 Å². The highest BCUT2D eigenvalue weighted by Crippen LogP contribution is 2.14. The number of rotatable bonds is 7. The Morgan fingerprint density at radius 2 is 1.66 bits per heavy atom. The summed E-state index contributed by atoms with van der Waals surface area (Å²) < 4.78 is 28.0. The highest BCUT2D eigenvalue weighted by Gasteiger charge is 2.31. The molecule has 2 atom stereocenters. The summed E-state index contributed by atoms with van der Waals surface area (Å²) >= 11 is 0. The molecule has 0 bridgehead atoms. The zero-order valence-corrected chi connectivity index (χ0v) is 19.7. The zero-order chi connectivity index (χ0) is 23.6. The molecule has 1 heterocycles. The number of carbonyl (C=O) groups excluding carboxylic acids is 3. The molecule has 9 heteroatoms. The molecule has 3 N–H and O–H groups in total. The van der Waals surface area contributed by atoms with Gasteiger partial charge in [-0.3, -0.25) is 14.4 Å². The quantitative estimate of drug-likeness (QED) is 0.534. The third-order valence-corrected chi connectivity index (χ3v) is 6.92. The van der Waals surface area contributed by atoms with E-state index in [9.17, 15) is 22.8 Å². The topological polar surface area (TPSA) is 121 Å². The molecule has 0 aliphatic carbocycles. The van der Waals surface area contributed by atoms with Crippen LogP contribution in [0.1, 0.15) is 65.2 Å². The van der Waals surface area contributed by atoms with Gasteiger partial charge in [-0.1, -0.05) is 64.2 Å². The maximum atomic E-state index is 13.1. The number of carbonyl (C=O) groups is 3. The molecule has 0 spiro atoms. The average Bonchev–Trinajstić information content (AvgIpc) is 2.75. The molecular weight excluding hydrogens is 430 g/mol. The molecule has 1 aliphatic rings. The number of sulfonamides is 1. The van der Waals surface area contributed by atoms with Crippen molar-refractivity contribution in [2.75, 3.05) is 6.54 Å². The van der Waals surface area contributed by atoms with Crippen LogP contribution in [-0.2, 0) is 24.4 Å². The third kappa shape index (κ3) is 8.35. The van der Waals surface area contributed by atoms with Gasteiger partial charge in [0.05, 0.1) is 10.9 Å². The van der Waals surface area contributed by atoms with E-state index >= 15 is 0 Å². The van der Waals surface area contributed by atoms with Crippen molar-refractivity contribution in [3.63, 3.8) is 0 Å². The Balaban J connectivity index is 2.16. The second-order valence-electron chi connectivity index (χ2n) is 8.71. The van der Waals surface area contributed by atoms with Crippen molar-refractivity contribution in [2.24, 2.45) is 5.92 Å². The van der Waals surface area contributed by atoms with E-state index in [0.29, 0.717) is 19.4 Å². The van der Waals surface area contributed by atoms with Crippen molar-refractivity contribution in [2.45, 2.75) is 82.2 Å². The lowest BCUT2D eigenvalue weighted by atomic mass is 9.99. The lowest BCUT2D eigenvalue weighted by Gasteiger charge is -2.24. The fourth-order valence-corrected chi connectivity index (χ4v) is 4.93. The molecule has 8 nitrogen and oxygen atoms in total. The van der Waals surface area contributed by atoms with Crippen LogP contribution in [0, 0.1) is 5.92 Å². The number of amides is 2. The standard InChI is InChI=1S/C23H35N3O5S/c1-17(2)16-20(26-32(30,31)18-12-8-7-9-13-18)22(28)25-19-14-10-5-3-4-6-11-15-24-23(29)21(19)27/h7-9,12-13,17,19-20,26H,3-6,10-11,14-16H2,1-2H3,(H,24,29)(H,25,28). The summed E-state index contributed by atoms with van der Waals surface area (Å²) in [5.41, 5.74) is 0. The Morgan fingerprint density at radius 1 is 1.03 bits per heavy atom. The molecule has 1 aliphatic heterocycles. The van der Waals surface area contributed by atoms with Crippen molar-refractivity contribution in [1.82, 2.24) is 15.4 Å². The van der Waals surface area contributed by atoms with Crippen LogP contribution in [-0.4, -0.2) is 44.6 Å². The van der Waals surface area contributed by atoms with E-state index < -0.39 is 39.7 Å². The summed E-state index contributed by atoms with van der Waals surface area (Å²) in [4.78, 5) is 38.1. The van der Waals surface area contributed by atoms with Crippen LogP contribution >= 0.6 is 0 Å². The highest BCUT2D eigenvalue weighted by atomic mass is 32.2. The predicted octanol–water partition coefficient (Wildman–Crippen LogP) is 2.29. The molecule has 0 aromatic heterocycles. The van der Waals surface area contributed by atoms with E-state index in [1.54, 1.807) is 18.2 Å². The summed E-state index contributed by atoms with van der Waals surface area (Å²) in [6.07, 6.45) is 6.14. The van der Waals surface area contributed by atoms with Gasteiger partial charge in [0, 0.05) is 6.54 Å². The first kappa shape index (κ1) is 26.0. The second kappa shape index (κ2) is 12.7. The van der Waals surface area contributed by atoms with Crippen LogP contribution in [0.2, 0.25) is 0 Å². The summed E-state index contributed by atoms with van der Waals surface area (Å²) in [6.45, 7) is 4.19. The number of benzene rings is 1. The Bertz CT molecular complexity index is 871. The minimum absolute atomic E-state index is 0.0273. The monoisotopic (exact) mass is 465 g/mol. The second-order valence-corrected chi connectivity index (χ2v) is 10.4. The van der Waals surface area contributed by atoms with E-state index in [4.69, 9.17) is 0 Å². The first-order chi connectivity index (χ1) is 15.2. The maximum Gasteiger partial charge on any atom is 0.289 e. The van der Waals surface area contributed by atoms with E-state index in [0.717, 1.165) is 32.1 Å². The predicted molar refractivity (Wildman–Crippen MR) is 122 cm³/mol. The van der Waals surface area contributed by atoms with E-state index in [1.165, 1.54) is 12.1 Å². The molecule has 1 aromatic carbocycles. The first-order valence-electron chi connectivity index (χ1n) is 11.4. The summed E-state index contributed by atoms with van der Waals surface area (Å²) in [7, 11) is -3.92. The number of nitrogens with one attached hydrogen (secondary N) is 3. The van der Waals surface area contributed by atoms with Crippen molar-refractivity contribution in [3.05, 3.63) is 30.3 Å². The van der Waals surface area contributed by atoms with Crippen LogP contribution in [0.15, 0.2) is 35.2 Å². The number of hydrogen-bond acceptors (Lipinski definition) is 5. The van der Waals surface area contributed by atoms with Crippen molar-refractivity contribution in [3.8, 4) is 0 Å². The van der Waals surface area contributed by atoms with Gasteiger partial charge in [0.15, 0.2) is 0 Å². The molecule has 2 unspecified atom stereocenters. The molecule has 178 valence electrons. The van der Waals surface area contributed by atoms with Gasteiger partial charge in [-0.2, -0.15) is 4.72 Å². The fourth-order valence-electron chi connectivity index (χ4n) is 3.70. The maximum absolute atomic E-state index is 13.1. The Kier molecular flexibility index (Phi) is 10.3. The molecule has 1 fully saturated rings. The van der Waals surface area contributed by atoms with Crippen LogP contribution in [0.5, 0.6) is 0 Å².